The molecule has 2 rings (SSSR count). The Hall–Kier alpha value is -2.61. The molecule has 0 bridgehead atoms. The molecule has 0 saturated carbocycles. The zero-order valence-corrected chi connectivity index (χ0v) is 11.5. The molecule has 110 valence electrons. The van der Waals surface area contributed by atoms with Gasteiger partial charge in [-0.3, -0.25) is 9.52 Å². The molecule has 2 aromatic carbocycles. The third-order valence-electron chi connectivity index (χ3n) is 2.66. The average Bonchev–Trinajstić information content (AvgIpc) is 2.37. The number of nitrogen functional groups attached to an aromatic ring is 1. The van der Waals surface area contributed by atoms with Crippen molar-refractivity contribution in [1.82, 2.24) is 0 Å². The molecule has 0 unspecified atom stereocenters. The van der Waals surface area contributed by atoms with Gasteiger partial charge < -0.3 is 11.5 Å². The highest BCUT2D eigenvalue weighted by Gasteiger charge is 2.18. The molecule has 0 spiro atoms. The summed E-state index contributed by atoms with van der Waals surface area (Å²) < 4.78 is 39.6. The Morgan fingerprint density at radius 1 is 1.14 bits per heavy atom. The maximum Gasteiger partial charge on any atom is 0.263 e. The minimum atomic E-state index is -4.00. The summed E-state index contributed by atoms with van der Waals surface area (Å²) in [6.07, 6.45) is 0. The molecule has 0 radical (unpaired) electrons. The van der Waals surface area contributed by atoms with E-state index in [0.29, 0.717) is 0 Å². The number of nitrogens with two attached hydrogens (primary N) is 2. The van der Waals surface area contributed by atoms with Crippen LogP contribution >= 0.6 is 0 Å². The summed E-state index contributed by atoms with van der Waals surface area (Å²) in [7, 11) is -4.00. The highest BCUT2D eigenvalue weighted by atomic mass is 32.2. The first-order chi connectivity index (χ1) is 9.79. The molecule has 0 heterocycles. The van der Waals surface area contributed by atoms with Gasteiger partial charge in [-0.15, -0.1) is 0 Å². The maximum absolute atomic E-state index is 13.1. The van der Waals surface area contributed by atoms with E-state index in [9.17, 15) is 17.6 Å². The number of primary amides is 1. The summed E-state index contributed by atoms with van der Waals surface area (Å²) in [6, 6.07) is 8.57. The van der Waals surface area contributed by atoms with Gasteiger partial charge in [-0.2, -0.15) is 0 Å². The second-order valence-corrected chi connectivity index (χ2v) is 5.88. The van der Waals surface area contributed by atoms with Crippen LogP contribution in [0.1, 0.15) is 10.4 Å². The van der Waals surface area contributed by atoms with Crippen molar-refractivity contribution >= 4 is 27.3 Å². The fourth-order valence-corrected chi connectivity index (χ4v) is 2.87. The fraction of sp³-hybridized carbons (Fsp3) is 0. The number of benzene rings is 2. The molecule has 0 aliphatic heterocycles. The molecule has 1 amide bonds. The third kappa shape index (κ3) is 3.29. The van der Waals surface area contributed by atoms with Gasteiger partial charge in [0.25, 0.3) is 10.0 Å². The van der Waals surface area contributed by atoms with Gasteiger partial charge in [-0.1, -0.05) is 6.07 Å². The normalized spacial score (nSPS) is 11.1. The van der Waals surface area contributed by atoms with E-state index in [-0.39, 0.29) is 21.8 Å². The molecule has 5 N–H and O–H groups in total. The smallest absolute Gasteiger partial charge is 0.263 e. The number of nitrogens with one attached hydrogen (secondary N) is 1. The molecule has 0 saturated heterocycles. The molecule has 0 fully saturated rings. The lowest BCUT2D eigenvalue weighted by atomic mass is 10.2. The largest absolute Gasteiger partial charge is 0.398 e. The Morgan fingerprint density at radius 2 is 1.86 bits per heavy atom. The Balaban J connectivity index is 2.38. The quantitative estimate of drug-likeness (QED) is 0.738. The van der Waals surface area contributed by atoms with Crippen molar-refractivity contribution in [3.8, 4) is 0 Å². The second-order valence-electron chi connectivity index (χ2n) is 4.23. The Kier molecular flexibility index (Phi) is 3.81. The predicted molar refractivity (Wildman–Crippen MR) is 76.6 cm³/mol. The molecular weight excluding hydrogens is 297 g/mol. The number of amides is 1. The van der Waals surface area contributed by atoms with E-state index in [4.69, 9.17) is 11.5 Å². The van der Waals surface area contributed by atoms with E-state index in [1.54, 1.807) is 0 Å². The molecule has 8 heteroatoms. The van der Waals surface area contributed by atoms with Gasteiger partial charge in [0.05, 0.1) is 11.4 Å². The lowest BCUT2D eigenvalue weighted by Gasteiger charge is -2.10. The lowest BCUT2D eigenvalue weighted by molar-refractivity contribution is 0.1000. The SMILES string of the molecule is NC(=O)c1ccc(S(=O)(=O)Nc2cccc(F)c2)c(N)c1. The standard InChI is InChI=1S/C13H12FN3O3S/c14-9-2-1-3-10(7-9)17-21(19,20)12-5-4-8(13(16)18)6-11(12)15/h1-7,17H,15H2,(H2,16,18). The number of hydrogen-bond donors (Lipinski definition) is 3. The van der Waals surface area contributed by atoms with Gasteiger partial charge in [0.1, 0.15) is 10.7 Å². The van der Waals surface area contributed by atoms with E-state index < -0.39 is 21.7 Å². The van der Waals surface area contributed by atoms with Gasteiger partial charge in [0.15, 0.2) is 0 Å². The first kappa shape index (κ1) is 14.8. The van der Waals surface area contributed by atoms with Gasteiger partial charge >= 0.3 is 0 Å². The lowest BCUT2D eigenvalue weighted by Crippen LogP contribution is -2.16. The van der Waals surface area contributed by atoms with E-state index in [1.807, 2.05) is 0 Å². The van der Waals surface area contributed by atoms with Gasteiger partial charge in [-0.05, 0) is 36.4 Å². The molecular formula is C13H12FN3O3S. The summed E-state index contributed by atoms with van der Waals surface area (Å²) in [5.41, 5.74) is 10.7. The van der Waals surface area contributed by atoms with Gasteiger partial charge in [0, 0.05) is 5.56 Å². The first-order valence-corrected chi connectivity index (χ1v) is 7.25. The molecule has 0 aromatic heterocycles. The van der Waals surface area contributed by atoms with Crippen molar-refractivity contribution in [2.24, 2.45) is 5.73 Å². The van der Waals surface area contributed by atoms with Crippen LogP contribution in [0.4, 0.5) is 15.8 Å². The monoisotopic (exact) mass is 309 g/mol. The van der Waals surface area contributed by atoms with E-state index in [1.165, 1.54) is 30.3 Å². The highest BCUT2D eigenvalue weighted by molar-refractivity contribution is 7.92. The highest BCUT2D eigenvalue weighted by Crippen LogP contribution is 2.23. The van der Waals surface area contributed by atoms with Gasteiger partial charge in [-0.25, -0.2) is 12.8 Å². The van der Waals surface area contributed by atoms with Crippen LogP contribution < -0.4 is 16.2 Å². The minimum Gasteiger partial charge on any atom is -0.398 e. The van der Waals surface area contributed by atoms with Crippen LogP contribution in [0.5, 0.6) is 0 Å². The van der Waals surface area contributed by atoms with E-state index in [0.717, 1.165) is 12.1 Å². The zero-order chi connectivity index (χ0) is 15.6. The Labute approximate surface area is 120 Å². The van der Waals surface area contributed by atoms with Crippen LogP contribution in [-0.2, 0) is 10.0 Å². The minimum absolute atomic E-state index is 0.0633. The number of sulfonamides is 1. The Bertz CT molecular complexity index is 806. The summed E-state index contributed by atoms with van der Waals surface area (Å²) in [5, 5.41) is 0. The molecule has 2 aromatic rings. The molecule has 0 aliphatic rings. The number of carbonyl (C=O) groups is 1. The molecule has 21 heavy (non-hydrogen) atoms. The molecule has 6 nitrogen and oxygen atoms in total. The molecule has 0 aliphatic carbocycles. The average molecular weight is 309 g/mol. The second kappa shape index (κ2) is 5.41. The van der Waals surface area contributed by atoms with Crippen LogP contribution in [-0.4, -0.2) is 14.3 Å². The van der Waals surface area contributed by atoms with Gasteiger partial charge in [0.2, 0.25) is 5.91 Å². The number of carbonyl (C=O) groups excluding carboxylic acids is 1. The summed E-state index contributed by atoms with van der Waals surface area (Å²) in [6.45, 7) is 0. The predicted octanol–water partition coefficient (Wildman–Crippen LogP) is 1.31. The van der Waals surface area contributed by atoms with Crippen molar-refractivity contribution in [1.29, 1.82) is 0 Å². The van der Waals surface area contributed by atoms with E-state index >= 15 is 0 Å². The summed E-state index contributed by atoms with van der Waals surface area (Å²) in [5.74, 6) is -1.30. The topological polar surface area (TPSA) is 115 Å². The number of rotatable bonds is 4. The summed E-state index contributed by atoms with van der Waals surface area (Å²) in [4.78, 5) is 10.8. The third-order valence-corrected chi connectivity index (χ3v) is 4.12. The molecule has 0 atom stereocenters. The van der Waals surface area contributed by atoms with Crippen molar-refractivity contribution in [3.05, 3.63) is 53.8 Å². The van der Waals surface area contributed by atoms with Crippen molar-refractivity contribution in [3.63, 3.8) is 0 Å². The number of halogens is 1. The van der Waals surface area contributed by atoms with Crippen LogP contribution in [0, 0.1) is 5.82 Å². The summed E-state index contributed by atoms with van der Waals surface area (Å²) >= 11 is 0. The Morgan fingerprint density at radius 3 is 2.43 bits per heavy atom. The van der Waals surface area contributed by atoms with Crippen LogP contribution in [0.15, 0.2) is 47.4 Å². The first-order valence-electron chi connectivity index (χ1n) is 5.77. The number of hydrogen-bond acceptors (Lipinski definition) is 4. The fourth-order valence-electron chi connectivity index (χ4n) is 1.71. The zero-order valence-electron chi connectivity index (χ0n) is 10.7. The van der Waals surface area contributed by atoms with Crippen molar-refractivity contribution in [2.75, 3.05) is 10.5 Å². The van der Waals surface area contributed by atoms with Crippen LogP contribution in [0.3, 0.4) is 0 Å². The van der Waals surface area contributed by atoms with E-state index in [2.05, 4.69) is 4.72 Å². The maximum atomic E-state index is 13.1. The van der Waals surface area contributed by atoms with Crippen molar-refractivity contribution in [2.45, 2.75) is 4.90 Å². The van der Waals surface area contributed by atoms with Crippen molar-refractivity contribution < 1.29 is 17.6 Å². The number of anilines is 2. The van der Waals surface area contributed by atoms with Crippen LogP contribution in [0.2, 0.25) is 0 Å². The van der Waals surface area contributed by atoms with Crippen LogP contribution in [0.25, 0.3) is 0 Å².